The monoisotopic (exact) mass is 412 g/mol. The Morgan fingerprint density at radius 3 is 2.72 bits per heavy atom. The van der Waals surface area contributed by atoms with Crippen LogP contribution in [0.2, 0.25) is 0 Å². The largest absolute Gasteiger partial charge is 0.352 e. The molecule has 2 aromatic heterocycles. The van der Waals surface area contributed by atoms with Crippen LogP contribution >= 0.6 is 11.8 Å². The lowest BCUT2D eigenvalue weighted by atomic mass is 10.1. The minimum atomic E-state index is -0.682. The van der Waals surface area contributed by atoms with Crippen LogP contribution in [0.4, 0.5) is 0 Å². The molecule has 0 aliphatic rings. The second-order valence-electron chi connectivity index (χ2n) is 6.64. The summed E-state index contributed by atoms with van der Waals surface area (Å²) < 4.78 is 1.34. The third-order valence-corrected chi connectivity index (χ3v) is 5.66. The van der Waals surface area contributed by atoms with Crippen LogP contribution in [0.5, 0.6) is 0 Å². The first-order chi connectivity index (χ1) is 14.1. The maximum atomic E-state index is 12.3. The topological polar surface area (TPSA) is 96.9 Å². The smallest absolute Gasteiger partial charge is 0.318 e. The standard InChI is InChI=1S/C21H24N4O3S/c1-2-12-29-13-4-11-23-19(26)16-8-6-15(7-9-16)14-25-18-17(5-3-10-22-18)24-20(27)21(25)28/h3,5-10H,2,4,11-14H2,1H3,(H,23,26)(H,24,27). The summed E-state index contributed by atoms with van der Waals surface area (Å²) in [5.41, 5.74) is 0.955. The Labute approximate surface area is 172 Å². The number of benzene rings is 1. The van der Waals surface area contributed by atoms with Gasteiger partial charge in [0.25, 0.3) is 5.91 Å². The lowest BCUT2D eigenvalue weighted by Gasteiger charge is -2.10. The van der Waals surface area contributed by atoms with Gasteiger partial charge in [0, 0.05) is 18.3 Å². The predicted molar refractivity (Wildman–Crippen MR) is 117 cm³/mol. The summed E-state index contributed by atoms with van der Waals surface area (Å²) in [7, 11) is 0. The van der Waals surface area contributed by atoms with Crippen molar-refractivity contribution in [3.8, 4) is 0 Å². The molecular formula is C21H24N4O3S. The van der Waals surface area contributed by atoms with E-state index < -0.39 is 11.1 Å². The van der Waals surface area contributed by atoms with Crippen molar-refractivity contribution in [1.82, 2.24) is 19.9 Å². The summed E-state index contributed by atoms with van der Waals surface area (Å²) in [5, 5.41) is 2.92. The molecule has 0 aliphatic carbocycles. The Hall–Kier alpha value is -2.87. The number of carbonyl (C=O) groups is 1. The van der Waals surface area contributed by atoms with Crippen molar-refractivity contribution in [3.63, 3.8) is 0 Å². The fourth-order valence-electron chi connectivity index (χ4n) is 2.92. The second-order valence-corrected chi connectivity index (χ2v) is 7.86. The highest BCUT2D eigenvalue weighted by Gasteiger charge is 2.10. The van der Waals surface area contributed by atoms with E-state index in [2.05, 4.69) is 22.2 Å². The number of carbonyl (C=O) groups excluding carboxylic acids is 1. The molecule has 0 bridgehead atoms. The average Bonchev–Trinajstić information content (AvgIpc) is 2.74. The van der Waals surface area contributed by atoms with Gasteiger partial charge in [0.1, 0.15) is 0 Å². The third-order valence-electron chi connectivity index (χ3n) is 4.39. The van der Waals surface area contributed by atoms with Gasteiger partial charge in [-0.15, -0.1) is 0 Å². The summed E-state index contributed by atoms with van der Waals surface area (Å²) >= 11 is 1.90. The molecule has 0 atom stereocenters. The molecule has 2 N–H and O–H groups in total. The molecule has 0 unspecified atom stereocenters. The number of H-pyrrole nitrogens is 1. The van der Waals surface area contributed by atoms with Crippen molar-refractivity contribution in [2.24, 2.45) is 0 Å². The number of hydrogen-bond donors (Lipinski definition) is 2. The van der Waals surface area contributed by atoms with E-state index in [-0.39, 0.29) is 12.5 Å². The maximum Gasteiger partial charge on any atom is 0.318 e. The Morgan fingerprint density at radius 1 is 1.17 bits per heavy atom. The lowest BCUT2D eigenvalue weighted by Crippen LogP contribution is -2.36. The molecule has 0 saturated carbocycles. The van der Waals surface area contributed by atoms with E-state index in [1.165, 1.54) is 11.0 Å². The number of rotatable bonds is 9. The van der Waals surface area contributed by atoms with E-state index in [9.17, 15) is 14.4 Å². The number of aromatic amines is 1. The summed E-state index contributed by atoms with van der Waals surface area (Å²) in [4.78, 5) is 43.2. The molecule has 7 nitrogen and oxygen atoms in total. The van der Waals surface area contributed by atoms with Crippen LogP contribution in [0.3, 0.4) is 0 Å². The zero-order valence-electron chi connectivity index (χ0n) is 16.3. The van der Waals surface area contributed by atoms with Gasteiger partial charge < -0.3 is 10.3 Å². The molecule has 1 aromatic carbocycles. The van der Waals surface area contributed by atoms with Gasteiger partial charge in [-0.2, -0.15) is 11.8 Å². The highest BCUT2D eigenvalue weighted by molar-refractivity contribution is 7.99. The third kappa shape index (κ3) is 5.35. The van der Waals surface area contributed by atoms with Gasteiger partial charge in [-0.25, -0.2) is 4.98 Å². The predicted octanol–water partition coefficient (Wildman–Crippen LogP) is 2.40. The van der Waals surface area contributed by atoms with Gasteiger partial charge in [-0.1, -0.05) is 19.1 Å². The van der Waals surface area contributed by atoms with Crippen LogP contribution in [-0.2, 0) is 6.54 Å². The minimum absolute atomic E-state index is 0.113. The number of thioether (sulfide) groups is 1. The van der Waals surface area contributed by atoms with Gasteiger partial charge in [-0.05, 0) is 54.2 Å². The Bertz CT molecular complexity index is 1090. The summed E-state index contributed by atoms with van der Waals surface area (Å²) in [6.45, 7) is 3.01. The molecule has 0 fully saturated rings. The zero-order chi connectivity index (χ0) is 20.6. The van der Waals surface area contributed by atoms with Gasteiger partial charge >= 0.3 is 11.1 Å². The normalized spacial score (nSPS) is 10.9. The van der Waals surface area contributed by atoms with Crippen molar-refractivity contribution in [3.05, 3.63) is 74.4 Å². The van der Waals surface area contributed by atoms with E-state index in [4.69, 9.17) is 0 Å². The van der Waals surface area contributed by atoms with Crippen LogP contribution in [0, 0.1) is 0 Å². The highest BCUT2D eigenvalue weighted by atomic mass is 32.2. The molecule has 1 amide bonds. The number of pyridine rings is 1. The summed E-state index contributed by atoms with van der Waals surface area (Å²) in [6, 6.07) is 10.4. The van der Waals surface area contributed by atoms with E-state index in [1.54, 1.807) is 42.6 Å². The first kappa shape index (κ1) is 20.9. The highest BCUT2D eigenvalue weighted by Crippen LogP contribution is 2.09. The van der Waals surface area contributed by atoms with Crippen molar-refractivity contribution in [2.45, 2.75) is 26.3 Å². The molecular weight excluding hydrogens is 388 g/mol. The second kappa shape index (κ2) is 10.1. The van der Waals surface area contributed by atoms with Gasteiger partial charge in [-0.3, -0.25) is 19.0 Å². The summed E-state index contributed by atoms with van der Waals surface area (Å²) in [5.74, 6) is 2.08. The quantitative estimate of drug-likeness (QED) is 0.416. The Balaban J connectivity index is 1.66. The zero-order valence-corrected chi connectivity index (χ0v) is 17.1. The number of amides is 1. The van der Waals surface area contributed by atoms with Crippen LogP contribution < -0.4 is 16.4 Å². The molecule has 2 heterocycles. The van der Waals surface area contributed by atoms with Crippen molar-refractivity contribution >= 4 is 28.8 Å². The van der Waals surface area contributed by atoms with Crippen molar-refractivity contribution in [1.29, 1.82) is 0 Å². The number of nitrogens with one attached hydrogen (secondary N) is 2. The van der Waals surface area contributed by atoms with Gasteiger partial charge in [0.15, 0.2) is 5.65 Å². The van der Waals surface area contributed by atoms with Crippen LogP contribution in [-0.4, -0.2) is 38.5 Å². The van der Waals surface area contributed by atoms with E-state index in [0.717, 1.165) is 23.5 Å². The first-order valence-corrected chi connectivity index (χ1v) is 10.8. The molecule has 0 spiro atoms. The molecule has 152 valence electrons. The number of aromatic nitrogens is 3. The molecule has 0 saturated heterocycles. The summed E-state index contributed by atoms with van der Waals surface area (Å²) in [6.07, 6.45) is 3.68. The minimum Gasteiger partial charge on any atom is -0.352 e. The molecule has 0 aliphatic heterocycles. The van der Waals surface area contributed by atoms with E-state index >= 15 is 0 Å². The average molecular weight is 413 g/mol. The number of hydrogen-bond acceptors (Lipinski definition) is 5. The lowest BCUT2D eigenvalue weighted by molar-refractivity contribution is 0.0954. The van der Waals surface area contributed by atoms with Crippen LogP contribution in [0.15, 0.2) is 52.2 Å². The molecule has 3 aromatic rings. The fraction of sp³-hybridized carbons (Fsp3) is 0.333. The molecule has 29 heavy (non-hydrogen) atoms. The van der Waals surface area contributed by atoms with Gasteiger partial charge in [0.05, 0.1) is 12.1 Å². The Kier molecular flexibility index (Phi) is 7.24. The van der Waals surface area contributed by atoms with Crippen LogP contribution in [0.25, 0.3) is 11.2 Å². The molecule has 8 heteroatoms. The molecule has 0 radical (unpaired) electrons. The first-order valence-electron chi connectivity index (χ1n) is 9.63. The Morgan fingerprint density at radius 2 is 1.97 bits per heavy atom. The van der Waals surface area contributed by atoms with Crippen molar-refractivity contribution in [2.75, 3.05) is 18.1 Å². The van der Waals surface area contributed by atoms with Crippen LogP contribution in [0.1, 0.15) is 35.7 Å². The number of nitrogens with zero attached hydrogens (tertiary/aromatic N) is 2. The fourth-order valence-corrected chi connectivity index (χ4v) is 3.76. The maximum absolute atomic E-state index is 12.3. The van der Waals surface area contributed by atoms with E-state index in [1.807, 2.05) is 11.8 Å². The van der Waals surface area contributed by atoms with Crippen molar-refractivity contribution < 1.29 is 4.79 Å². The van der Waals surface area contributed by atoms with Gasteiger partial charge in [0.2, 0.25) is 0 Å². The SMILES string of the molecule is CCCSCCCNC(=O)c1ccc(Cn2c(=O)c(=O)[nH]c3cccnc32)cc1. The van der Waals surface area contributed by atoms with E-state index in [0.29, 0.717) is 23.3 Å². The number of fused-ring (bicyclic) bond motifs is 1. The molecule has 3 rings (SSSR count).